The lowest BCUT2D eigenvalue weighted by Crippen LogP contribution is -2.36. The molecule has 3 aliphatic carbocycles. The number of fused-ring (bicyclic) bond motifs is 1. The van der Waals surface area contributed by atoms with E-state index >= 15 is 0 Å². The van der Waals surface area contributed by atoms with Crippen molar-refractivity contribution >= 4 is 0 Å². The van der Waals surface area contributed by atoms with E-state index in [4.69, 9.17) is 0 Å². The van der Waals surface area contributed by atoms with Crippen LogP contribution in [0.2, 0.25) is 0 Å². The summed E-state index contributed by atoms with van der Waals surface area (Å²) in [6, 6.07) is 0. The van der Waals surface area contributed by atoms with Gasteiger partial charge in [-0.1, -0.05) is 51.0 Å². The monoisotopic (exact) mass is 432 g/mol. The molecule has 0 radical (unpaired) electrons. The Labute approximate surface area is 188 Å². The third kappa shape index (κ3) is 5.52. The summed E-state index contributed by atoms with van der Waals surface area (Å²) in [7, 11) is 0. The Bertz CT molecular complexity index is 706. The Kier molecular flexibility index (Phi) is 7.89. The molecule has 0 amide bonds. The molecule has 1 unspecified atom stereocenters. The number of hydrogen-bond acceptors (Lipinski definition) is 4. The van der Waals surface area contributed by atoms with Gasteiger partial charge in [-0.05, 0) is 86.2 Å². The lowest BCUT2D eigenvalue weighted by atomic mass is 9.60. The number of aliphatic hydroxyl groups is 4. The van der Waals surface area contributed by atoms with E-state index in [1.807, 2.05) is 0 Å². The molecule has 0 saturated heterocycles. The summed E-state index contributed by atoms with van der Waals surface area (Å²) in [5, 5.41) is 39.5. The van der Waals surface area contributed by atoms with Crippen molar-refractivity contribution in [2.24, 2.45) is 23.2 Å². The smallest absolute Gasteiger partial charge is 0.0849 e. The summed E-state index contributed by atoms with van der Waals surface area (Å²) in [5.41, 5.74) is 2.65. The highest BCUT2D eigenvalue weighted by atomic mass is 16.3. The van der Waals surface area contributed by atoms with Gasteiger partial charge in [0.1, 0.15) is 0 Å². The molecule has 4 N–H and O–H groups in total. The quantitative estimate of drug-likeness (QED) is 0.471. The van der Waals surface area contributed by atoms with E-state index < -0.39 is 17.8 Å². The van der Waals surface area contributed by atoms with E-state index in [9.17, 15) is 20.4 Å². The minimum Gasteiger partial charge on any atom is -0.393 e. The van der Waals surface area contributed by atoms with Crippen molar-refractivity contribution in [3.63, 3.8) is 0 Å². The van der Waals surface area contributed by atoms with Gasteiger partial charge >= 0.3 is 0 Å². The van der Waals surface area contributed by atoms with Gasteiger partial charge in [0.2, 0.25) is 0 Å². The first kappa shape index (κ1) is 24.7. The molecule has 31 heavy (non-hydrogen) atoms. The molecule has 4 nitrogen and oxygen atoms in total. The largest absolute Gasteiger partial charge is 0.393 e. The fourth-order valence-electron chi connectivity index (χ4n) is 6.76. The highest BCUT2D eigenvalue weighted by molar-refractivity contribution is 5.38. The van der Waals surface area contributed by atoms with Gasteiger partial charge in [-0.25, -0.2) is 0 Å². The van der Waals surface area contributed by atoms with Gasteiger partial charge in [0.15, 0.2) is 0 Å². The minimum absolute atomic E-state index is 0.172. The summed E-state index contributed by atoms with van der Waals surface area (Å²) in [6.45, 7) is 10.5. The van der Waals surface area contributed by atoms with Crippen molar-refractivity contribution in [1.29, 1.82) is 0 Å². The maximum absolute atomic E-state index is 10.1. The van der Waals surface area contributed by atoms with Gasteiger partial charge in [0.05, 0.1) is 24.4 Å². The third-order valence-electron chi connectivity index (χ3n) is 8.70. The van der Waals surface area contributed by atoms with E-state index in [0.717, 1.165) is 30.4 Å². The summed E-state index contributed by atoms with van der Waals surface area (Å²) in [6.07, 6.45) is 13.1. The Balaban J connectivity index is 1.68. The van der Waals surface area contributed by atoms with Crippen LogP contribution in [-0.2, 0) is 0 Å². The minimum atomic E-state index is -0.958. The zero-order valence-electron chi connectivity index (χ0n) is 19.8. The van der Waals surface area contributed by atoms with Crippen LogP contribution < -0.4 is 0 Å². The first-order valence-corrected chi connectivity index (χ1v) is 12.4. The number of hydrogen-bond donors (Lipinski definition) is 4. The van der Waals surface area contributed by atoms with Gasteiger partial charge < -0.3 is 20.4 Å². The molecule has 3 saturated carbocycles. The predicted molar refractivity (Wildman–Crippen MR) is 125 cm³/mol. The third-order valence-corrected chi connectivity index (χ3v) is 8.70. The lowest BCUT2D eigenvalue weighted by Gasteiger charge is -2.44. The SMILES string of the molecule is C=C1C(=CC=C2CCC[C@@]3(C)C2CC[C@@H]3[C@H](C)CCC[C@](C)(O)CO)C[C@@H](O)C[C@@H]1O. The molecule has 3 aliphatic rings. The zero-order valence-corrected chi connectivity index (χ0v) is 19.8. The summed E-state index contributed by atoms with van der Waals surface area (Å²) < 4.78 is 0. The predicted octanol–water partition coefficient (Wildman–Crippen LogP) is 4.68. The first-order chi connectivity index (χ1) is 14.6. The lowest BCUT2D eigenvalue weighted by molar-refractivity contribution is -0.00891. The van der Waals surface area contributed by atoms with Crippen LogP contribution in [0.25, 0.3) is 0 Å². The standard InChI is InChI=1S/C27H44O4/c1-18(7-5-13-26(3,31)17-28)23-11-12-24-20(8-6-14-27(23,24)4)9-10-21-15-22(29)16-25(30)19(21)2/h9-10,18,22-25,28-31H,2,5-8,11-17H2,1,3-4H3/t18-,22-,23-,24?,25+,26+,27-/m1/s1. The van der Waals surface area contributed by atoms with Crippen LogP contribution in [0.3, 0.4) is 0 Å². The van der Waals surface area contributed by atoms with Gasteiger partial charge in [0.25, 0.3) is 0 Å². The van der Waals surface area contributed by atoms with Crippen molar-refractivity contribution in [3.8, 4) is 0 Å². The number of aliphatic hydroxyl groups excluding tert-OH is 3. The zero-order chi connectivity index (χ0) is 22.8. The molecule has 7 atom stereocenters. The molecular weight excluding hydrogens is 388 g/mol. The average Bonchev–Trinajstić information content (AvgIpc) is 3.07. The molecule has 0 aliphatic heterocycles. The second-order valence-electron chi connectivity index (χ2n) is 11.2. The Morgan fingerprint density at radius 2 is 2.00 bits per heavy atom. The van der Waals surface area contributed by atoms with Gasteiger partial charge in [-0.3, -0.25) is 0 Å². The molecule has 0 aromatic heterocycles. The number of allylic oxidation sites excluding steroid dienone is 3. The van der Waals surface area contributed by atoms with Gasteiger partial charge in [-0.2, -0.15) is 0 Å². The molecule has 0 heterocycles. The highest BCUT2D eigenvalue weighted by Crippen LogP contribution is 2.60. The van der Waals surface area contributed by atoms with Crippen LogP contribution in [0.5, 0.6) is 0 Å². The molecule has 0 aromatic carbocycles. The normalized spacial score (nSPS) is 39.5. The summed E-state index contributed by atoms with van der Waals surface area (Å²) in [5.74, 6) is 1.92. The van der Waals surface area contributed by atoms with E-state index in [-0.39, 0.29) is 6.61 Å². The van der Waals surface area contributed by atoms with E-state index in [2.05, 4.69) is 32.6 Å². The molecule has 3 fully saturated rings. The van der Waals surface area contributed by atoms with Crippen molar-refractivity contribution in [2.75, 3.05) is 6.61 Å². The topological polar surface area (TPSA) is 80.9 Å². The maximum Gasteiger partial charge on any atom is 0.0849 e. The van der Waals surface area contributed by atoms with E-state index in [0.29, 0.717) is 42.4 Å². The van der Waals surface area contributed by atoms with Crippen molar-refractivity contribution in [2.45, 2.75) is 103 Å². The van der Waals surface area contributed by atoms with Crippen molar-refractivity contribution < 1.29 is 20.4 Å². The van der Waals surface area contributed by atoms with Crippen molar-refractivity contribution in [3.05, 3.63) is 35.5 Å². The van der Waals surface area contributed by atoms with Crippen molar-refractivity contribution in [1.82, 2.24) is 0 Å². The van der Waals surface area contributed by atoms with Crippen LogP contribution in [0.4, 0.5) is 0 Å². The summed E-state index contributed by atoms with van der Waals surface area (Å²) >= 11 is 0. The molecule has 0 bridgehead atoms. The molecule has 4 heteroatoms. The molecular formula is C27H44O4. The first-order valence-electron chi connectivity index (χ1n) is 12.4. The van der Waals surface area contributed by atoms with Crippen LogP contribution in [0.1, 0.15) is 85.0 Å². The Hall–Kier alpha value is -0.940. The average molecular weight is 433 g/mol. The van der Waals surface area contributed by atoms with E-state index in [1.54, 1.807) is 6.92 Å². The van der Waals surface area contributed by atoms with Crippen LogP contribution in [0.15, 0.2) is 35.5 Å². The van der Waals surface area contributed by atoms with Crippen LogP contribution in [0, 0.1) is 23.2 Å². The second kappa shape index (κ2) is 9.91. The molecule has 3 rings (SSSR count). The molecule has 0 aromatic rings. The summed E-state index contributed by atoms with van der Waals surface area (Å²) in [4.78, 5) is 0. The van der Waals surface area contributed by atoms with Gasteiger partial charge in [0, 0.05) is 6.42 Å². The number of rotatable bonds is 7. The molecule has 176 valence electrons. The van der Waals surface area contributed by atoms with Crippen LogP contribution >= 0.6 is 0 Å². The highest BCUT2D eigenvalue weighted by Gasteiger charge is 2.50. The Morgan fingerprint density at radius 1 is 1.26 bits per heavy atom. The fourth-order valence-corrected chi connectivity index (χ4v) is 6.76. The fraction of sp³-hybridized carbons (Fsp3) is 0.778. The maximum atomic E-state index is 10.1. The molecule has 0 spiro atoms. The van der Waals surface area contributed by atoms with Crippen LogP contribution in [-0.4, -0.2) is 44.8 Å². The van der Waals surface area contributed by atoms with Gasteiger partial charge in [-0.15, -0.1) is 0 Å². The Morgan fingerprint density at radius 3 is 2.71 bits per heavy atom. The van der Waals surface area contributed by atoms with E-state index in [1.165, 1.54) is 31.3 Å². The second-order valence-corrected chi connectivity index (χ2v) is 11.2.